The number of benzene rings is 1. The van der Waals surface area contributed by atoms with Crippen LogP contribution in [0.15, 0.2) is 30.3 Å². The Morgan fingerprint density at radius 3 is 2.41 bits per heavy atom. The quantitative estimate of drug-likeness (QED) is 0.862. The predicted molar refractivity (Wildman–Crippen MR) is 87.6 cm³/mol. The molecule has 116 valence electrons. The Labute approximate surface area is 134 Å². The molecule has 0 unspecified atom stereocenters. The van der Waals surface area contributed by atoms with E-state index in [1.54, 1.807) is 23.5 Å². The number of amides is 1. The summed E-state index contributed by atoms with van der Waals surface area (Å²) in [6, 6.07) is 9.13. The second kappa shape index (κ2) is 7.22. The van der Waals surface area contributed by atoms with E-state index in [4.69, 9.17) is 0 Å². The maximum absolute atomic E-state index is 12.1. The van der Waals surface area contributed by atoms with E-state index in [9.17, 15) is 9.59 Å². The van der Waals surface area contributed by atoms with E-state index < -0.39 is 0 Å². The zero-order valence-corrected chi connectivity index (χ0v) is 13.8. The Morgan fingerprint density at radius 2 is 1.86 bits per heavy atom. The van der Waals surface area contributed by atoms with Crippen molar-refractivity contribution in [2.75, 3.05) is 13.7 Å². The number of esters is 1. The largest absolute Gasteiger partial charge is 0.465 e. The molecule has 1 heterocycles. The van der Waals surface area contributed by atoms with E-state index in [0.29, 0.717) is 12.1 Å². The molecule has 0 atom stereocenters. The summed E-state index contributed by atoms with van der Waals surface area (Å²) < 4.78 is 4.66. The molecule has 1 N–H and O–H groups in total. The van der Waals surface area contributed by atoms with Crippen molar-refractivity contribution in [2.24, 2.45) is 0 Å². The number of carbonyl (C=O) groups is 2. The fourth-order valence-corrected chi connectivity index (χ4v) is 3.12. The highest BCUT2D eigenvalue weighted by molar-refractivity contribution is 7.12. The zero-order valence-electron chi connectivity index (χ0n) is 12.9. The van der Waals surface area contributed by atoms with Crippen molar-refractivity contribution in [3.63, 3.8) is 0 Å². The molecule has 0 saturated carbocycles. The van der Waals surface area contributed by atoms with Gasteiger partial charge in [0.1, 0.15) is 0 Å². The molecule has 1 aromatic heterocycles. The van der Waals surface area contributed by atoms with E-state index in [2.05, 4.69) is 10.1 Å². The van der Waals surface area contributed by atoms with Crippen LogP contribution in [0.5, 0.6) is 0 Å². The van der Waals surface area contributed by atoms with Crippen molar-refractivity contribution in [1.29, 1.82) is 0 Å². The number of hydrogen-bond acceptors (Lipinski definition) is 4. The number of hydrogen-bond donors (Lipinski definition) is 1. The molecule has 1 amide bonds. The Hall–Kier alpha value is -2.14. The number of nitrogens with one attached hydrogen (secondary N) is 1. The molecule has 2 aromatic rings. The molecule has 0 bridgehead atoms. The first-order valence-corrected chi connectivity index (χ1v) is 7.85. The molecule has 0 spiro atoms. The average Bonchev–Trinajstić information content (AvgIpc) is 2.86. The van der Waals surface area contributed by atoms with Crippen LogP contribution >= 0.6 is 11.3 Å². The van der Waals surface area contributed by atoms with Gasteiger partial charge in [0.05, 0.1) is 18.2 Å². The molecule has 0 aliphatic heterocycles. The van der Waals surface area contributed by atoms with Gasteiger partial charge >= 0.3 is 5.97 Å². The molecule has 4 nitrogen and oxygen atoms in total. The first kappa shape index (κ1) is 16.2. The number of thiophene rings is 1. The molecule has 1 aromatic carbocycles. The van der Waals surface area contributed by atoms with E-state index in [1.807, 2.05) is 32.0 Å². The maximum Gasteiger partial charge on any atom is 0.337 e. The van der Waals surface area contributed by atoms with Crippen LogP contribution in [-0.2, 0) is 11.2 Å². The van der Waals surface area contributed by atoms with Crippen LogP contribution < -0.4 is 5.32 Å². The molecular weight excluding hydrogens is 298 g/mol. The molecule has 0 radical (unpaired) electrons. The van der Waals surface area contributed by atoms with Crippen LogP contribution in [0.1, 0.15) is 36.0 Å². The summed E-state index contributed by atoms with van der Waals surface area (Å²) in [4.78, 5) is 25.6. The lowest BCUT2D eigenvalue weighted by molar-refractivity contribution is 0.0600. The molecule has 0 aliphatic rings. The van der Waals surface area contributed by atoms with E-state index in [0.717, 1.165) is 27.3 Å². The molecule has 0 saturated heterocycles. The maximum atomic E-state index is 12.1. The lowest BCUT2D eigenvalue weighted by atomic mass is 10.1. The fourth-order valence-electron chi connectivity index (χ4n) is 2.20. The topological polar surface area (TPSA) is 55.4 Å². The minimum Gasteiger partial charge on any atom is -0.465 e. The van der Waals surface area contributed by atoms with Crippen LogP contribution in [0.3, 0.4) is 0 Å². The molecular formula is C17H19NO3S. The Balaban J connectivity index is 1.87. The summed E-state index contributed by atoms with van der Waals surface area (Å²) >= 11 is 1.63. The highest BCUT2D eigenvalue weighted by atomic mass is 32.1. The van der Waals surface area contributed by atoms with Gasteiger partial charge < -0.3 is 10.1 Å². The van der Waals surface area contributed by atoms with Gasteiger partial charge in [0.15, 0.2) is 0 Å². The number of carbonyl (C=O) groups excluding carboxylic acids is 2. The van der Waals surface area contributed by atoms with Gasteiger partial charge in [-0.25, -0.2) is 4.79 Å². The smallest absolute Gasteiger partial charge is 0.337 e. The first-order chi connectivity index (χ1) is 10.5. The fraction of sp³-hybridized carbons (Fsp3) is 0.294. The lowest BCUT2D eigenvalue weighted by Crippen LogP contribution is -2.25. The number of rotatable bonds is 5. The minimum atomic E-state index is -0.344. The second-order valence-electron chi connectivity index (χ2n) is 5.02. The van der Waals surface area contributed by atoms with Crippen molar-refractivity contribution in [2.45, 2.75) is 20.3 Å². The lowest BCUT2D eigenvalue weighted by Gasteiger charge is -2.06. The summed E-state index contributed by atoms with van der Waals surface area (Å²) in [5.74, 6) is -0.379. The highest BCUT2D eigenvalue weighted by Crippen LogP contribution is 2.20. The van der Waals surface area contributed by atoms with Crippen molar-refractivity contribution in [3.8, 4) is 0 Å². The molecule has 0 aliphatic carbocycles. The normalized spacial score (nSPS) is 10.3. The van der Waals surface area contributed by atoms with Crippen LogP contribution in [-0.4, -0.2) is 25.5 Å². The van der Waals surface area contributed by atoms with Crippen LogP contribution in [0.25, 0.3) is 0 Å². The highest BCUT2D eigenvalue weighted by Gasteiger charge is 2.11. The van der Waals surface area contributed by atoms with Gasteiger partial charge in [0, 0.05) is 16.3 Å². The average molecular weight is 317 g/mol. The Kier molecular flexibility index (Phi) is 5.33. The SMILES string of the molecule is COC(=O)c1ccc(CCNC(=O)c2cc(C)sc2C)cc1. The van der Waals surface area contributed by atoms with Crippen LogP contribution in [0.4, 0.5) is 0 Å². The molecule has 22 heavy (non-hydrogen) atoms. The van der Waals surface area contributed by atoms with Gasteiger partial charge in [-0.2, -0.15) is 0 Å². The third kappa shape index (κ3) is 3.95. The predicted octanol–water partition coefficient (Wildman–Crippen LogP) is 3.12. The number of ether oxygens (including phenoxy) is 1. The van der Waals surface area contributed by atoms with Gasteiger partial charge in [-0.1, -0.05) is 12.1 Å². The van der Waals surface area contributed by atoms with Crippen molar-refractivity contribution in [1.82, 2.24) is 5.32 Å². The standard InChI is InChI=1S/C17H19NO3S/c1-11-10-15(12(2)22-11)16(19)18-9-8-13-4-6-14(7-5-13)17(20)21-3/h4-7,10H,8-9H2,1-3H3,(H,18,19). The summed E-state index contributed by atoms with van der Waals surface area (Å²) in [6.45, 7) is 4.51. The van der Waals surface area contributed by atoms with Crippen molar-refractivity contribution < 1.29 is 14.3 Å². The van der Waals surface area contributed by atoms with Crippen LogP contribution in [0.2, 0.25) is 0 Å². The molecule has 5 heteroatoms. The van der Waals surface area contributed by atoms with Gasteiger partial charge in [-0.15, -0.1) is 11.3 Å². The van der Waals surface area contributed by atoms with E-state index >= 15 is 0 Å². The molecule has 0 fully saturated rings. The van der Waals surface area contributed by atoms with Gasteiger partial charge in [0.25, 0.3) is 5.91 Å². The van der Waals surface area contributed by atoms with Gasteiger partial charge in [-0.3, -0.25) is 4.79 Å². The minimum absolute atomic E-state index is 0.0342. The summed E-state index contributed by atoms with van der Waals surface area (Å²) in [6.07, 6.45) is 0.718. The Morgan fingerprint density at radius 1 is 1.18 bits per heavy atom. The summed E-state index contributed by atoms with van der Waals surface area (Å²) in [5, 5.41) is 2.93. The van der Waals surface area contributed by atoms with E-state index in [-0.39, 0.29) is 11.9 Å². The second-order valence-corrected chi connectivity index (χ2v) is 6.48. The van der Waals surface area contributed by atoms with Crippen molar-refractivity contribution in [3.05, 3.63) is 56.8 Å². The molecule has 2 rings (SSSR count). The Bertz CT molecular complexity index is 674. The number of methoxy groups -OCH3 is 1. The first-order valence-electron chi connectivity index (χ1n) is 7.03. The third-order valence-corrected chi connectivity index (χ3v) is 4.33. The van der Waals surface area contributed by atoms with Crippen molar-refractivity contribution >= 4 is 23.2 Å². The monoisotopic (exact) mass is 317 g/mol. The van der Waals surface area contributed by atoms with Gasteiger partial charge in [0.2, 0.25) is 0 Å². The van der Waals surface area contributed by atoms with Gasteiger partial charge in [-0.05, 0) is 44.0 Å². The zero-order chi connectivity index (χ0) is 16.1. The summed E-state index contributed by atoms with van der Waals surface area (Å²) in [7, 11) is 1.36. The summed E-state index contributed by atoms with van der Waals surface area (Å²) in [5.41, 5.74) is 2.34. The third-order valence-electron chi connectivity index (χ3n) is 3.36. The van der Waals surface area contributed by atoms with Crippen LogP contribution in [0, 0.1) is 13.8 Å². The number of aryl methyl sites for hydroxylation is 2. The van der Waals surface area contributed by atoms with E-state index in [1.165, 1.54) is 7.11 Å².